The van der Waals surface area contributed by atoms with E-state index < -0.39 is 11.9 Å². The molecule has 0 saturated heterocycles. The van der Waals surface area contributed by atoms with Crippen LogP contribution in [0.3, 0.4) is 0 Å². The predicted molar refractivity (Wildman–Crippen MR) is 80.2 cm³/mol. The van der Waals surface area contributed by atoms with Crippen molar-refractivity contribution >= 4 is 17.3 Å². The third-order valence-corrected chi connectivity index (χ3v) is 3.90. The van der Waals surface area contributed by atoms with E-state index in [2.05, 4.69) is 10.3 Å². The van der Waals surface area contributed by atoms with Crippen LogP contribution in [0.15, 0.2) is 35.7 Å². The van der Waals surface area contributed by atoms with Gasteiger partial charge in [0.25, 0.3) is 0 Å². The maximum atomic E-state index is 11.3. The Kier molecular flexibility index (Phi) is 5.26. The summed E-state index contributed by atoms with van der Waals surface area (Å²) in [6.45, 7) is 3.15. The summed E-state index contributed by atoms with van der Waals surface area (Å²) in [5, 5.41) is 15.6. The second-order valence-electron chi connectivity index (χ2n) is 4.61. The average Bonchev–Trinajstić information content (AvgIpc) is 2.85. The Hall–Kier alpha value is -1.72. The molecular formula is C15H18N2O2S. The van der Waals surface area contributed by atoms with Crippen molar-refractivity contribution in [1.82, 2.24) is 10.3 Å². The van der Waals surface area contributed by atoms with Crippen molar-refractivity contribution in [1.29, 1.82) is 0 Å². The van der Waals surface area contributed by atoms with E-state index in [1.165, 1.54) is 0 Å². The normalized spacial score (nSPS) is 12.2. The van der Waals surface area contributed by atoms with Crippen molar-refractivity contribution in [3.8, 4) is 0 Å². The minimum atomic E-state index is -0.798. The van der Waals surface area contributed by atoms with Gasteiger partial charge in [0.2, 0.25) is 0 Å². The smallest absolute Gasteiger partial charge is 0.312 e. The molecule has 1 unspecified atom stereocenters. The van der Waals surface area contributed by atoms with Crippen LogP contribution in [-0.4, -0.2) is 29.1 Å². The molecule has 2 rings (SSSR count). The van der Waals surface area contributed by atoms with Gasteiger partial charge in [-0.15, -0.1) is 11.3 Å². The maximum absolute atomic E-state index is 11.3. The highest BCUT2D eigenvalue weighted by molar-refractivity contribution is 7.09. The predicted octanol–water partition coefficient (Wildman–Crippen LogP) is 2.45. The SMILES string of the molecule is Cc1nc(CCNCC(C(=O)O)c2ccccc2)cs1. The van der Waals surface area contributed by atoms with Crippen molar-refractivity contribution in [2.75, 3.05) is 13.1 Å². The number of thiazole rings is 1. The van der Waals surface area contributed by atoms with Crippen molar-refractivity contribution in [3.05, 3.63) is 52.0 Å². The molecule has 5 heteroatoms. The molecule has 2 N–H and O–H groups in total. The van der Waals surface area contributed by atoms with Crippen molar-refractivity contribution in [3.63, 3.8) is 0 Å². The van der Waals surface area contributed by atoms with Gasteiger partial charge in [-0.1, -0.05) is 30.3 Å². The minimum absolute atomic E-state index is 0.433. The quantitative estimate of drug-likeness (QED) is 0.769. The lowest BCUT2D eigenvalue weighted by molar-refractivity contribution is -0.138. The standard InChI is InChI=1S/C15H18N2O2S/c1-11-17-13(10-20-11)7-8-16-9-14(15(18)19)12-5-3-2-4-6-12/h2-6,10,14,16H,7-9H2,1H3,(H,18,19). The van der Waals surface area contributed by atoms with Gasteiger partial charge in [-0.25, -0.2) is 4.98 Å². The van der Waals surface area contributed by atoms with Gasteiger partial charge in [0, 0.05) is 24.9 Å². The molecule has 0 fully saturated rings. The number of hydrogen-bond donors (Lipinski definition) is 2. The molecule has 1 heterocycles. The average molecular weight is 290 g/mol. The van der Waals surface area contributed by atoms with Crippen LogP contribution in [0.4, 0.5) is 0 Å². The number of nitrogens with zero attached hydrogens (tertiary/aromatic N) is 1. The van der Waals surface area contributed by atoms with E-state index in [1.807, 2.05) is 42.6 Å². The number of nitrogens with one attached hydrogen (secondary N) is 1. The Morgan fingerprint density at radius 1 is 1.40 bits per heavy atom. The monoisotopic (exact) mass is 290 g/mol. The Morgan fingerprint density at radius 3 is 2.75 bits per heavy atom. The zero-order valence-electron chi connectivity index (χ0n) is 11.4. The number of aromatic nitrogens is 1. The first kappa shape index (κ1) is 14.7. The fourth-order valence-electron chi connectivity index (χ4n) is 2.02. The van der Waals surface area contributed by atoms with E-state index in [0.29, 0.717) is 6.54 Å². The van der Waals surface area contributed by atoms with Gasteiger partial charge in [-0.2, -0.15) is 0 Å². The summed E-state index contributed by atoms with van der Waals surface area (Å²) in [6.07, 6.45) is 0.825. The number of carboxylic acids is 1. The molecule has 106 valence electrons. The molecule has 2 aromatic rings. The summed E-state index contributed by atoms with van der Waals surface area (Å²) in [7, 11) is 0. The number of aryl methyl sites for hydroxylation is 1. The largest absolute Gasteiger partial charge is 0.481 e. The first-order valence-corrected chi connectivity index (χ1v) is 7.44. The summed E-state index contributed by atoms with van der Waals surface area (Å²) in [5.74, 6) is -1.30. The van der Waals surface area contributed by atoms with E-state index in [1.54, 1.807) is 11.3 Å². The molecule has 0 bridgehead atoms. The molecule has 4 nitrogen and oxygen atoms in total. The second-order valence-corrected chi connectivity index (χ2v) is 5.68. The lowest BCUT2D eigenvalue weighted by atomic mass is 9.99. The number of aliphatic carboxylic acids is 1. The van der Waals surface area contributed by atoms with Crippen molar-refractivity contribution < 1.29 is 9.90 Å². The lowest BCUT2D eigenvalue weighted by Gasteiger charge is -2.13. The van der Waals surface area contributed by atoms with Crippen LogP contribution >= 0.6 is 11.3 Å². The number of carbonyl (C=O) groups is 1. The molecule has 20 heavy (non-hydrogen) atoms. The van der Waals surface area contributed by atoms with Gasteiger partial charge < -0.3 is 10.4 Å². The van der Waals surface area contributed by atoms with Gasteiger partial charge in [0.05, 0.1) is 16.6 Å². The highest BCUT2D eigenvalue weighted by Crippen LogP contribution is 2.14. The van der Waals surface area contributed by atoms with Crippen LogP contribution in [0.5, 0.6) is 0 Å². The van der Waals surface area contributed by atoms with Gasteiger partial charge in [-0.3, -0.25) is 4.79 Å². The van der Waals surface area contributed by atoms with E-state index in [0.717, 1.165) is 29.2 Å². The summed E-state index contributed by atoms with van der Waals surface area (Å²) in [6, 6.07) is 9.32. The molecule has 1 aromatic heterocycles. The van der Waals surface area contributed by atoms with Gasteiger partial charge in [0.15, 0.2) is 0 Å². The number of hydrogen-bond acceptors (Lipinski definition) is 4. The first-order valence-electron chi connectivity index (χ1n) is 6.56. The molecular weight excluding hydrogens is 272 g/mol. The summed E-state index contributed by atoms with van der Waals surface area (Å²) >= 11 is 1.64. The first-order chi connectivity index (χ1) is 9.66. The molecule has 0 radical (unpaired) electrons. The van der Waals surface area contributed by atoms with Crippen molar-refractivity contribution in [2.45, 2.75) is 19.3 Å². The third-order valence-electron chi connectivity index (χ3n) is 3.07. The Morgan fingerprint density at radius 2 is 2.15 bits per heavy atom. The van der Waals surface area contributed by atoms with E-state index in [9.17, 15) is 9.90 Å². The zero-order chi connectivity index (χ0) is 14.4. The number of benzene rings is 1. The van der Waals surface area contributed by atoms with E-state index in [-0.39, 0.29) is 0 Å². The van der Waals surface area contributed by atoms with Crippen molar-refractivity contribution in [2.24, 2.45) is 0 Å². The van der Waals surface area contributed by atoms with Gasteiger partial charge in [0.1, 0.15) is 0 Å². The Bertz CT molecular complexity index is 554. The molecule has 1 atom stereocenters. The zero-order valence-corrected chi connectivity index (χ0v) is 12.2. The number of rotatable bonds is 7. The van der Waals surface area contributed by atoms with Crippen LogP contribution in [0, 0.1) is 6.92 Å². The van der Waals surface area contributed by atoms with E-state index in [4.69, 9.17) is 0 Å². The van der Waals surface area contributed by atoms with Crippen LogP contribution in [-0.2, 0) is 11.2 Å². The minimum Gasteiger partial charge on any atom is -0.481 e. The fourth-order valence-corrected chi connectivity index (χ4v) is 2.67. The van der Waals surface area contributed by atoms with Crippen LogP contribution in [0.25, 0.3) is 0 Å². The molecule has 0 aliphatic rings. The molecule has 0 spiro atoms. The van der Waals surface area contributed by atoms with Crippen LogP contribution in [0.1, 0.15) is 22.2 Å². The van der Waals surface area contributed by atoms with E-state index >= 15 is 0 Å². The Labute approximate surface area is 122 Å². The Balaban J connectivity index is 1.83. The fraction of sp³-hybridized carbons (Fsp3) is 0.333. The third kappa shape index (κ3) is 4.15. The van der Waals surface area contributed by atoms with Gasteiger partial charge >= 0.3 is 5.97 Å². The molecule has 0 amide bonds. The van der Waals surface area contributed by atoms with Crippen LogP contribution in [0.2, 0.25) is 0 Å². The summed E-state index contributed by atoms with van der Waals surface area (Å²) < 4.78 is 0. The number of carboxylic acid groups (broad SMARTS) is 1. The molecule has 1 aromatic carbocycles. The van der Waals surface area contributed by atoms with Gasteiger partial charge in [-0.05, 0) is 12.5 Å². The highest BCUT2D eigenvalue weighted by atomic mass is 32.1. The summed E-state index contributed by atoms with van der Waals surface area (Å²) in [4.78, 5) is 15.7. The second kappa shape index (κ2) is 7.17. The molecule has 0 aliphatic carbocycles. The maximum Gasteiger partial charge on any atom is 0.312 e. The molecule has 0 saturated carbocycles. The highest BCUT2D eigenvalue weighted by Gasteiger charge is 2.18. The summed E-state index contributed by atoms with van der Waals surface area (Å²) in [5.41, 5.74) is 1.89. The topological polar surface area (TPSA) is 62.2 Å². The molecule has 0 aliphatic heterocycles. The lowest BCUT2D eigenvalue weighted by Crippen LogP contribution is -2.28. The van der Waals surface area contributed by atoms with Crippen LogP contribution < -0.4 is 5.32 Å².